The van der Waals surface area contributed by atoms with Crippen LogP contribution in [-0.4, -0.2) is 22.6 Å². The Morgan fingerprint density at radius 3 is 2.47 bits per heavy atom. The first kappa shape index (κ1) is 12.5. The van der Waals surface area contributed by atoms with Crippen molar-refractivity contribution in [2.24, 2.45) is 5.92 Å². The fourth-order valence-electron chi connectivity index (χ4n) is 3.22. The number of piperidine rings is 1. The zero-order chi connectivity index (χ0) is 13.1. The second-order valence-electron chi connectivity index (χ2n) is 5.68. The highest BCUT2D eigenvalue weighted by Crippen LogP contribution is 2.28. The minimum absolute atomic E-state index is 0.669. The number of benzene rings is 1. The van der Waals surface area contributed by atoms with Crippen molar-refractivity contribution >= 4 is 0 Å². The minimum atomic E-state index is 0.669. The highest BCUT2D eigenvalue weighted by Gasteiger charge is 2.26. The van der Waals surface area contributed by atoms with E-state index in [0.29, 0.717) is 12.0 Å². The summed E-state index contributed by atoms with van der Waals surface area (Å²) >= 11 is 0. The average molecular weight is 254 g/mol. The van der Waals surface area contributed by atoms with Gasteiger partial charge in [-0.25, -0.2) is 0 Å². The molecule has 0 bridgehead atoms. The van der Waals surface area contributed by atoms with Crippen LogP contribution in [-0.2, 0) is 6.54 Å². The molecule has 1 fully saturated rings. The Hall–Kier alpha value is -1.54. The fourth-order valence-corrected chi connectivity index (χ4v) is 3.22. The van der Waals surface area contributed by atoms with Crippen molar-refractivity contribution in [3.63, 3.8) is 0 Å². The van der Waals surface area contributed by atoms with E-state index in [1.807, 2.05) is 0 Å². The van der Waals surface area contributed by atoms with Crippen LogP contribution in [0.2, 0.25) is 0 Å². The smallest absolute Gasteiger partial charge is 0.0380 e. The Labute approximate surface area is 115 Å². The Bertz CT molecular complexity index is 489. The highest BCUT2D eigenvalue weighted by molar-refractivity contribution is 5.14. The number of hydrogen-bond acceptors (Lipinski definition) is 1. The van der Waals surface area contributed by atoms with E-state index in [2.05, 4.69) is 71.2 Å². The molecule has 100 valence electrons. The first-order valence-corrected chi connectivity index (χ1v) is 7.21. The maximum Gasteiger partial charge on any atom is 0.0380 e. The second kappa shape index (κ2) is 5.62. The predicted molar refractivity (Wildman–Crippen MR) is 79.0 cm³/mol. The number of rotatable bonds is 3. The summed E-state index contributed by atoms with van der Waals surface area (Å²) < 4.78 is 2.38. The van der Waals surface area contributed by atoms with E-state index >= 15 is 0 Å². The van der Waals surface area contributed by atoms with E-state index in [-0.39, 0.29) is 0 Å². The fraction of sp³-hybridized carbons (Fsp3) is 0.412. The van der Waals surface area contributed by atoms with Gasteiger partial charge in [0.2, 0.25) is 0 Å². The molecule has 1 aliphatic heterocycles. The standard InChI is InChI=1S/C17H22N2/c1-15-13-18(14-16-7-3-2-4-8-16)12-9-17(15)19-10-5-6-11-19/h2-8,10-11,15,17H,9,12-14H2,1H3. The third kappa shape index (κ3) is 2.90. The number of hydrogen-bond donors (Lipinski definition) is 0. The lowest BCUT2D eigenvalue weighted by Crippen LogP contribution is -2.39. The summed E-state index contributed by atoms with van der Waals surface area (Å²) in [6.45, 7) is 5.85. The molecule has 2 nitrogen and oxygen atoms in total. The maximum atomic E-state index is 2.58. The van der Waals surface area contributed by atoms with E-state index in [0.717, 1.165) is 6.54 Å². The maximum absolute atomic E-state index is 2.58. The molecule has 2 unspecified atom stereocenters. The van der Waals surface area contributed by atoms with Gasteiger partial charge in [0.05, 0.1) is 0 Å². The van der Waals surface area contributed by atoms with Crippen LogP contribution in [0.3, 0.4) is 0 Å². The van der Waals surface area contributed by atoms with E-state index in [1.54, 1.807) is 0 Å². The van der Waals surface area contributed by atoms with Crippen LogP contribution in [0.1, 0.15) is 24.9 Å². The minimum Gasteiger partial charge on any atom is -0.351 e. The van der Waals surface area contributed by atoms with Gasteiger partial charge in [0, 0.05) is 38.1 Å². The number of aromatic nitrogens is 1. The summed E-state index contributed by atoms with van der Waals surface area (Å²) in [5, 5.41) is 0. The van der Waals surface area contributed by atoms with Crippen molar-refractivity contribution in [3.05, 3.63) is 60.4 Å². The SMILES string of the molecule is CC1CN(Cc2ccccc2)CCC1n1cccc1. The number of nitrogens with zero attached hydrogens (tertiary/aromatic N) is 2. The van der Waals surface area contributed by atoms with Crippen LogP contribution >= 0.6 is 0 Å². The normalized spacial score (nSPS) is 24.5. The van der Waals surface area contributed by atoms with Gasteiger partial charge in [0.1, 0.15) is 0 Å². The molecule has 2 aromatic rings. The molecule has 2 atom stereocenters. The average Bonchev–Trinajstić information content (AvgIpc) is 2.94. The van der Waals surface area contributed by atoms with Gasteiger partial charge in [-0.2, -0.15) is 0 Å². The van der Waals surface area contributed by atoms with Crippen LogP contribution in [0.4, 0.5) is 0 Å². The molecular formula is C17H22N2. The van der Waals surface area contributed by atoms with E-state index < -0.39 is 0 Å². The summed E-state index contributed by atoms with van der Waals surface area (Å²) in [6, 6.07) is 15.7. The van der Waals surface area contributed by atoms with Crippen LogP contribution in [0.25, 0.3) is 0 Å². The number of likely N-dealkylation sites (tertiary alicyclic amines) is 1. The molecule has 0 spiro atoms. The largest absolute Gasteiger partial charge is 0.351 e. The summed E-state index contributed by atoms with van der Waals surface area (Å²) in [7, 11) is 0. The molecule has 1 aromatic carbocycles. The van der Waals surface area contributed by atoms with E-state index in [9.17, 15) is 0 Å². The lowest BCUT2D eigenvalue weighted by molar-refractivity contribution is 0.127. The lowest BCUT2D eigenvalue weighted by atomic mass is 9.93. The Balaban J connectivity index is 1.61. The van der Waals surface area contributed by atoms with Gasteiger partial charge >= 0.3 is 0 Å². The van der Waals surface area contributed by atoms with Gasteiger partial charge in [0.25, 0.3) is 0 Å². The van der Waals surface area contributed by atoms with Gasteiger partial charge in [-0.3, -0.25) is 4.90 Å². The van der Waals surface area contributed by atoms with Gasteiger partial charge < -0.3 is 4.57 Å². The van der Waals surface area contributed by atoms with Crippen molar-refractivity contribution in [2.45, 2.75) is 25.9 Å². The van der Waals surface area contributed by atoms with E-state index in [1.165, 1.54) is 25.1 Å². The molecule has 1 aliphatic rings. The van der Waals surface area contributed by atoms with Crippen molar-refractivity contribution in [2.75, 3.05) is 13.1 Å². The van der Waals surface area contributed by atoms with Crippen molar-refractivity contribution < 1.29 is 0 Å². The summed E-state index contributed by atoms with van der Waals surface area (Å²) in [5.74, 6) is 0.713. The molecule has 0 amide bonds. The van der Waals surface area contributed by atoms with Crippen molar-refractivity contribution in [1.82, 2.24) is 9.47 Å². The Morgan fingerprint density at radius 2 is 1.79 bits per heavy atom. The zero-order valence-electron chi connectivity index (χ0n) is 11.6. The second-order valence-corrected chi connectivity index (χ2v) is 5.68. The first-order valence-electron chi connectivity index (χ1n) is 7.21. The molecule has 0 saturated carbocycles. The predicted octanol–water partition coefficient (Wildman–Crippen LogP) is 3.57. The highest BCUT2D eigenvalue weighted by atomic mass is 15.2. The molecule has 0 aliphatic carbocycles. The summed E-state index contributed by atoms with van der Waals surface area (Å²) in [5.41, 5.74) is 1.43. The Kier molecular flexibility index (Phi) is 3.69. The van der Waals surface area contributed by atoms with Gasteiger partial charge in [-0.15, -0.1) is 0 Å². The first-order chi connectivity index (χ1) is 9.33. The van der Waals surface area contributed by atoms with Crippen LogP contribution in [0.5, 0.6) is 0 Å². The molecule has 2 heterocycles. The van der Waals surface area contributed by atoms with E-state index in [4.69, 9.17) is 0 Å². The zero-order valence-corrected chi connectivity index (χ0v) is 11.6. The summed E-state index contributed by atoms with van der Waals surface area (Å²) in [6.07, 6.45) is 5.66. The van der Waals surface area contributed by atoms with Crippen LogP contribution in [0.15, 0.2) is 54.9 Å². The van der Waals surface area contributed by atoms with Crippen molar-refractivity contribution in [3.8, 4) is 0 Å². The Morgan fingerprint density at radius 1 is 1.05 bits per heavy atom. The topological polar surface area (TPSA) is 8.17 Å². The van der Waals surface area contributed by atoms with Crippen LogP contribution in [0, 0.1) is 5.92 Å². The lowest BCUT2D eigenvalue weighted by Gasteiger charge is -2.37. The molecule has 1 saturated heterocycles. The van der Waals surface area contributed by atoms with Gasteiger partial charge in [-0.05, 0) is 30.0 Å². The van der Waals surface area contributed by atoms with Crippen LogP contribution < -0.4 is 0 Å². The molecule has 0 N–H and O–H groups in total. The van der Waals surface area contributed by atoms with Gasteiger partial charge in [-0.1, -0.05) is 37.3 Å². The third-order valence-corrected chi connectivity index (χ3v) is 4.20. The summed E-state index contributed by atoms with van der Waals surface area (Å²) in [4.78, 5) is 2.58. The molecule has 0 radical (unpaired) electrons. The molecule has 1 aromatic heterocycles. The molecule has 19 heavy (non-hydrogen) atoms. The molecule has 3 rings (SSSR count). The third-order valence-electron chi connectivity index (χ3n) is 4.20. The monoisotopic (exact) mass is 254 g/mol. The quantitative estimate of drug-likeness (QED) is 0.813. The molecule has 2 heteroatoms. The van der Waals surface area contributed by atoms with Crippen molar-refractivity contribution in [1.29, 1.82) is 0 Å². The molecular weight excluding hydrogens is 232 g/mol. The van der Waals surface area contributed by atoms with Gasteiger partial charge in [0.15, 0.2) is 0 Å².